The molecule has 1 fully saturated rings. The number of benzene rings is 1. The number of piperidine rings is 1. The van der Waals surface area contributed by atoms with Gasteiger partial charge in [0.05, 0.1) is 6.20 Å². The highest BCUT2D eigenvalue weighted by molar-refractivity contribution is 5.75. The molecule has 4 nitrogen and oxygen atoms in total. The van der Waals surface area contributed by atoms with Gasteiger partial charge in [0.15, 0.2) is 5.89 Å². The van der Waals surface area contributed by atoms with Gasteiger partial charge in [-0.3, -0.25) is 4.79 Å². The molecule has 0 unspecified atom stereocenters. The molecular weight excluding hydrogens is 307 g/mol. The quantitative estimate of drug-likeness (QED) is 0.859. The van der Waals surface area contributed by atoms with Gasteiger partial charge in [-0.1, -0.05) is 26.0 Å². The van der Waals surface area contributed by atoms with E-state index in [9.17, 15) is 9.18 Å². The first-order valence-electron chi connectivity index (χ1n) is 8.47. The van der Waals surface area contributed by atoms with Crippen molar-refractivity contribution in [2.75, 3.05) is 13.1 Å². The number of amides is 1. The standard InChI is InChI=1S/C19H23FN2O2/c1-3-17(23)22-9-7-19(2,8-10-22)18-21-13-16(24-18)12-14-5-4-6-15(20)11-14/h4-6,11,13H,3,7-10,12H2,1-2H3. The van der Waals surface area contributed by atoms with Crippen molar-refractivity contribution in [1.82, 2.24) is 9.88 Å². The Balaban J connectivity index is 1.68. The summed E-state index contributed by atoms with van der Waals surface area (Å²) in [5.41, 5.74) is 0.719. The highest BCUT2D eigenvalue weighted by Gasteiger charge is 2.36. The molecule has 0 bridgehead atoms. The first-order chi connectivity index (χ1) is 11.5. The zero-order valence-electron chi connectivity index (χ0n) is 14.2. The zero-order valence-corrected chi connectivity index (χ0v) is 14.2. The van der Waals surface area contributed by atoms with Crippen LogP contribution in [0.3, 0.4) is 0 Å². The predicted molar refractivity (Wildman–Crippen MR) is 89.2 cm³/mol. The van der Waals surface area contributed by atoms with E-state index in [1.54, 1.807) is 12.3 Å². The molecule has 1 aromatic heterocycles. The van der Waals surface area contributed by atoms with E-state index >= 15 is 0 Å². The summed E-state index contributed by atoms with van der Waals surface area (Å²) in [5.74, 6) is 1.42. The first kappa shape index (κ1) is 16.7. The van der Waals surface area contributed by atoms with E-state index in [1.165, 1.54) is 12.1 Å². The number of rotatable bonds is 4. The Hall–Kier alpha value is -2.17. The summed E-state index contributed by atoms with van der Waals surface area (Å²) in [4.78, 5) is 18.2. The molecule has 3 rings (SSSR count). The summed E-state index contributed by atoms with van der Waals surface area (Å²) in [6.45, 7) is 5.51. The van der Waals surface area contributed by atoms with Crippen LogP contribution >= 0.6 is 0 Å². The third-order valence-electron chi connectivity index (χ3n) is 4.86. The lowest BCUT2D eigenvalue weighted by molar-refractivity contribution is -0.132. The molecule has 1 aliphatic heterocycles. The molecule has 0 aliphatic carbocycles. The van der Waals surface area contributed by atoms with Gasteiger partial charge in [0, 0.05) is 31.3 Å². The third-order valence-corrected chi connectivity index (χ3v) is 4.86. The molecule has 1 aliphatic rings. The van der Waals surface area contributed by atoms with Crippen molar-refractivity contribution in [3.63, 3.8) is 0 Å². The van der Waals surface area contributed by atoms with Gasteiger partial charge in [0.25, 0.3) is 0 Å². The Morgan fingerprint density at radius 1 is 1.38 bits per heavy atom. The van der Waals surface area contributed by atoms with E-state index < -0.39 is 0 Å². The molecule has 1 aromatic carbocycles. The lowest BCUT2D eigenvalue weighted by Crippen LogP contribution is -2.43. The second-order valence-electron chi connectivity index (χ2n) is 6.73. The average Bonchev–Trinajstić information content (AvgIpc) is 3.04. The highest BCUT2D eigenvalue weighted by Crippen LogP contribution is 2.35. The van der Waals surface area contributed by atoms with Crippen molar-refractivity contribution in [3.05, 3.63) is 53.5 Å². The zero-order chi connectivity index (χ0) is 17.2. The van der Waals surface area contributed by atoms with Gasteiger partial charge in [-0.05, 0) is 30.5 Å². The number of carbonyl (C=O) groups excluding carboxylic acids is 1. The van der Waals surface area contributed by atoms with Gasteiger partial charge >= 0.3 is 0 Å². The van der Waals surface area contributed by atoms with Gasteiger partial charge in [-0.15, -0.1) is 0 Å². The largest absolute Gasteiger partial charge is 0.445 e. The second kappa shape index (κ2) is 6.75. The minimum atomic E-state index is -0.243. The monoisotopic (exact) mass is 330 g/mol. The summed E-state index contributed by atoms with van der Waals surface area (Å²) in [5, 5.41) is 0. The van der Waals surface area contributed by atoms with E-state index in [-0.39, 0.29) is 17.1 Å². The van der Waals surface area contributed by atoms with Gasteiger partial charge in [-0.2, -0.15) is 0 Å². The molecule has 0 saturated carbocycles. The van der Waals surface area contributed by atoms with Crippen LogP contribution in [-0.4, -0.2) is 28.9 Å². The Kier molecular flexibility index (Phi) is 4.69. The molecule has 2 aromatic rings. The van der Waals surface area contributed by atoms with E-state index in [4.69, 9.17) is 4.42 Å². The smallest absolute Gasteiger partial charge is 0.222 e. The van der Waals surface area contributed by atoms with Crippen LogP contribution in [-0.2, 0) is 16.6 Å². The highest BCUT2D eigenvalue weighted by atomic mass is 19.1. The van der Waals surface area contributed by atoms with Crippen LogP contribution in [0.25, 0.3) is 0 Å². The molecule has 1 saturated heterocycles. The van der Waals surface area contributed by atoms with E-state index in [0.29, 0.717) is 12.8 Å². The Labute approximate surface area is 141 Å². The fourth-order valence-corrected chi connectivity index (χ4v) is 3.20. The SMILES string of the molecule is CCC(=O)N1CCC(C)(c2ncc(Cc3cccc(F)c3)o2)CC1. The van der Waals surface area contributed by atoms with Crippen LogP contribution in [0, 0.1) is 5.82 Å². The minimum absolute atomic E-state index is 0.148. The lowest BCUT2D eigenvalue weighted by Gasteiger charge is -2.37. The Morgan fingerprint density at radius 3 is 2.79 bits per heavy atom. The van der Waals surface area contributed by atoms with Crippen LogP contribution in [0.5, 0.6) is 0 Å². The van der Waals surface area contributed by atoms with Crippen LogP contribution in [0.1, 0.15) is 50.3 Å². The molecule has 5 heteroatoms. The maximum absolute atomic E-state index is 13.3. The fourth-order valence-electron chi connectivity index (χ4n) is 3.20. The maximum atomic E-state index is 13.3. The summed E-state index contributed by atoms with van der Waals surface area (Å²) in [6, 6.07) is 6.52. The van der Waals surface area contributed by atoms with E-state index in [0.717, 1.165) is 43.1 Å². The summed E-state index contributed by atoms with van der Waals surface area (Å²) < 4.78 is 19.2. The van der Waals surface area contributed by atoms with Crippen molar-refractivity contribution >= 4 is 5.91 Å². The van der Waals surface area contributed by atoms with Crippen LogP contribution in [0.2, 0.25) is 0 Å². The summed E-state index contributed by atoms with van der Waals surface area (Å²) in [6.07, 6.45) is 4.50. The van der Waals surface area contributed by atoms with Crippen molar-refractivity contribution in [1.29, 1.82) is 0 Å². The third kappa shape index (κ3) is 3.50. The Morgan fingerprint density at radius 2 is 2.12 bits per heavy atom. The molecule has 0 spiro atoms. The number of nitrogens with zero attached hydrogens (tertiary/aromatic N) is 2. The molecule has 0 radical (unpaired) electrons. The molecule has 128 valence electrons. The maximum Gasteiger partial charge on any atom is 0.222 e. The van der Waals surface area contributed by atoms with Gasteiger partial charge in [0.2, 0.25) is 5.91 Å². The number of oxazole rings is 1. The topological polar surface area (TPSA) is 46.3 Å². The van der Waals surface area contributed by atoms with Gasteiger partial charge in [-0.25, -0.2) is 9.37 Å². The van der Waals surface area contributed by atoms with Crippen molar-refractivity contribution < 1.29 is 13.6 Å². The first-order valence-corrected chi connectivity index (χ1v) is 8.47. The van der Waals surface area contributed by atoms with E-state index in [1.807, 2.05) is 17.9 Å². The number of likely N-dealkylation sites (tertiary alicyclic amines) is 1. The van der Waals surface area contributed by atoms with Crippen molar-refractivity contribution in [2.24, 2.45) is 0 Å². The van der Waals surface area contributed by atoms with Gasteiger partial charge < -0.3 is 9.32 Å². The fraction of sp³-hybridized carbons (Fsp3) is 0.474. The van der Waals surface area contributed by atoms with Crippen molar-refractivity contribution in [3.8, 4) is 0 Å². The number of carbonyl (C=O) groups is 1. The summed E-state index contributed by atoms with van der Waals surface area (Å²) in [7, 11) is 0. The molecule has 0 atom stereocenters. The van der Waals surface area contributed by atoms with E-state index in [2.05, 4.69) is 11.9 Å². The van der Waals surface area contributed by atoms with Crippen LogP contribution in [0.4, 0.5) is 4.39 Å². The van der Waals surface area contributed by atoms with Crippen LogP contribution < -0.4 is 0 Å². The lowest BCUT2D eigenvalue weighted by atomic mass is 9.80. The molecule has 0 N–H and O–H groups in total. The molecule has 2 heterocycles. The minimum Gasteiger partial charge on any atom is -0.445 e. The summed E-state index contributed by atoms with van der Waals surface area (Å²) >= 11 is 0. The van der Waals surface area contributed by atoms with Crippen LogP contribution in [0.15, 0.2) is 34.9 Å². The van der Waals surface area contributed by atoms with Crippen molar-refractivity contribution in [2.45, 2.75) is 44.9 Å². The number of hydrogen-bond donors (Lipinski definition) is 0. The Bertz CT molecular complexity index is 718. The average molecular weight is 330 g/mol. The normalized spacial score (nSPS) is 17.0. The molecule has 24 heavy (non-hydrogen) atoms. The number of halogens is 1. The molecule has 1 amide bonds. The molecular formula is C19H23FN2O2. The number of aromatic nitrogens is 1. The predicted octanol–water partition coefficient (Wildman–Crippen LogP) is 3.69. The van der Waals surface area contributed by atoms with Gasteiger partial charge in [0.1, 0.15) is 11.6 Å². The second-order valence-corrected chi connectivity index (χ2v) is 6.73. The number of hydrogen-bond acceptors (Lipinski definition) is 3.